The van der Waals surface area contributed by atoms with Gasteiger partial charge in [0.2, 0.25) is 0 Å². The van der Waals surface area contributed by atoms with Gasteiger partial charge in [-0.1, -0.05) is 12.1 Å². The molecule has 1 atom stereocenters. The first-order valence-corrected chi connectivity index (χ1v) is 8.12. The van der Waals surface area contributed by atoms with Gasteiger partial charge in [0, 0.05) is 25.1 Å². The fourth-order valence-electron chi connectivity index (χ4n) is 3.21. The Morgan fingerprint density at radius 3 is 2.83 bits per heavy atom. The van der Waals surface area contributed by atoms with E-state index in [-0.39, 0.29) is 29.6 Å². The molecule has 0 radical (unpaired) electrons. The van der Waals surface area contributed by atoms with Crippen molar-refractivity contribution < 1.29 is 19.1 Å². The highest BCUT2D eigenvalue weighted by atomic mass is 16.4. The molecule has 2 heterocycles. The lowest BCUT2D eigenvalue weighted by Gasteiger charge is -2.35. The van der Waals surface area contributed by atoms with Gasteiger partial charge in [0.1, 0.15) is 5.58 Å². The Balaban J connectivity index is 1.89. The highest BCUT2D eigenvalue weighted by Gasteiger charge is 2.29. The second-order valence-electron chi connectivity index (χ2n) is 6.05. The third-order valence-electron chi connectivity index (χ3n) is 4.42. The number of carboxylic acids is 1. The van der Waals surface area contributed by atoms with Crippen LogP contribution in [0.5, 0.6) is 0 Å². The van der Waals surface area contributed by atoms with E-state index in [1.165, 1.54) is 6.07 Å². The van der Waals surface area contributed by atoms with Crippen molar-refractivity contribution in [2.45, 2.75) is 38.1 Å². The molecule has 1 fully saturated rings. The number of rotatable bonds is 4. The van der Waals surface area contributed by atoms with Crippen LogP contribution >= 0.6 is 0 Å². The van der Waals surface area contributed by atoms with E-state index in [1.54, 1.807) is 29.2 Å². The predicted molar refractivity (Wildman–Crippen MR) is 88.0 cm³/mol. The summed E-state index contributed by atoms with van der Waals surface area (Å²) >= 11 is 0. The number of carboxylic acid groups (broad SMARTS) is 1. The Kier molecular flexibility index (Phi) is 4.64. The number of nitrogens with zero attached hydrogens (tertiary/aromatic N) is 1. The topological polar surface area (TPSA) is 87.8 Å². The second-order valence-corrected chi connectivity index (χ2v) is 6.05. The van der Waals surface area contributed by atoms with Crippen molar-refractivity contribution >= 4 is 22.8 Å². The average molecular weight is 329 g/mol. The quantitative estimate of drug-likeness (QED) is 0.931. The van der Waals surface area contributed by atoms with Crippen molar-refractivity contribution in [1.82, 2.24) is 4.90 Å². The zero-order valence-corrected chi connectivity index (χ0v) is 13.2. The Morgan fingerprint density at radius 1 is 1.25 bits per heavy atom. The van der Waals surface area contributed by atoms with Gasteiger partial charge in [-0.15, -0.1) is 0 Å². The molecule has 24 heavy (non-hydrogen) atoms. The minimum absolute atomic E-state index is 0.0147. The van der Waals surface area contributed by atoms with Crippen molar-refractivity contribution in [2.24, 2.45) is 0 Å². The van der Waals surface area contributed by atoms with Crippen molar-refractivity contribution in [2.75, 3.05) is 6.54 Å². The minimum Gasteiger partial charge on any atom is -0.481 e. The van der Waals surface area contributed by atoms with Crippen LogP contribution in [-0.4, -0.2) is 34.5 Å². The smallest absolute Gasteiger partial charge is 0.303 e. The van der Waals surface area contributed by atoms with Crippen LogP contribution in [0.15, 0.2) is 39.5 Å². The standard InChI is InChI=1S/C18H19NO5/c20-14-11-16(24-15-7-2-1-6-13(14)15)18(23)19-10-4-3-5-12(19)8-9-17(21)22/h1-2,6-7,11-12H,3-5,8-10H2,(H,21,22). The van der Waals surface area contributed by atoms with Gasteiger partial charge in [-0.25, -0.2) is 0 Å². The third kappa shape index (κ3) is 3.32. The van der Waals surface area contributed by atoms with Gasteiger partial charge < -0.3 is 14.4 Å². The molecule has 1 aromatic heterocycles. The summed E-state index contributed by atoms with van der Waals surface area (Å²) in [6.45, 7) is 0.555. The first kappa shape index (κ1) is 16.2. The molecule has 6 nitrogen and oxygen atoms in total. The fourth-order valence-corrected chi connectivity index (χ4v) is 3.21. The summed E-state index contributed by atoms with van der Waals surface area (Å²) in [7, 11) is 0. The van der Waals surface area contributed by atoms with Crippen LogP contribution in [0.1, 0.15) is 42.7 Å². The lowest BCUT2D eigenvalue weighted by Crippen LogP contribution is -2.44. The lowest BCUT2D eigenvalue weighted by atomic mass is 9.97. The molecule has 1 aromatic carbocycles. The normalized spacial score (nSPS) is 17.8. The fraction of sp³-hybridized carbons (Fsp3) is 0.389. The summed E-state index contributed by atoms with van der Waals surface area (Å²) in [4.78, 5) is 37.4. The molecular formula is C18H19NO5. The van der Waals surface area contributed by atoms with Gasteiger partial charge in [-0.05, 0) is 37.8 Å². The zero-order valence-electron chi connectivity index (χ0n) is 13.2. The number of amides is 1. The van der Waals surface area contributed by atoms with Gasteiger partial charge in [-0.3, -0.25) is 14.4 Å². The number of aliphatic carboxylic acids is 1. The number of para-hydroxylation sites is 1. The van der Waals surface area contributed by atoms with Crippen molar-refractivity contribution in [3.05, 3.63) is 46.3 Å². The number of hydrogen-bond donors (Lipinski definition) is 1. The van der Waals surface area contributed by atoms with Crippen LogP contribution in [0.2, 0.25) is 0 Å². The highest BCUT2D eigenvalue weighted by Crippen LogP contribution is 2.23. The van der Waals surface area contributed by atoms with Crippen molar-refractivity contribution in [3.8, 4) is 0 Å². The maximum atomic E-state index is 12.8. The van der Waals surface area contributed by atoms with Crippen molar-refractivity contribution in [3.63, 3.8) is 0 Å². The van der Waals surface area contributed by atoms with Crippen LogP contribution in [0, 0.1) is 0 Å². The van der Waals surface area contributed by atoms with Gasteiger partial charge in [0.25, 0.3) is 5.91 Å². The molecule has 2 aromatic rings. The molecule has 0 spiro atoms. The molecule has 1 N–H and O–H groups in total. The molecule has 3 rings (SSSR count). The van der Waals surface area contributed by atoms with E-state index in [9.17, 15) is 14.4 Å². The molecule has 1 aliphatic heterocycles. The van der Waals surface area contributed by atoms with Crippen LogP contribution in [0.3, 0.4) is 0 Å². The van der Waals surface area contributed by atoms with E-state index in [0.717, 1.165) is 19.3 Å². The number of carbonyl (C=O) groups is 2. The average Bonchev–Trinajstić information content (AvgIpc) is 2.59. The Hall–Kier alpha value is -2.63. The Bertz CT molecular complexity index is 826. The molecule has 126 valence electrons. The van der Waals surface area contributed by atoms with Crippen LogP contribution in [0.25, 0.3) is 11.0 Å². The molecule has 6 heteroatoms. The minimum atomic E-state index is -0.870. The number of benzene rings is 1. The number of piperidine rings is 1. The SMILES string of the molecule is O=C(O)CCC1CCCCN1C(=O)c1cc(=O)c2ccccc2o1. The number of likely N-dealkylation sites (tertiary alicyclic amines) is 1. The molecular weight excluding hydrogens is 310 g/mol. The summed E-state index contributed by atoms with van der Waals surface area (Å²) in [5.74, 6) is -1.20. The van der Waals surface area contributed by atoms with Crippen molar-refractivity contribution in [1.29, 1.82) is 0 Å². The van der Waals surface area contributed by atoms with Gasteiger partial charge in [0.05, 0.1) is 5.39 Å². The summed E-state index contributed by atoms with van der Waals surface area (Å²) < 4.78 is 5.62. The summed E-state index contributed by atoms with van der Waals surface area (Å²) in [6.07, 6.45) is 3.05. The number of hydrogen-bond acceptors (Lipinski definition) is 4. The zero-order chi connectivity index (χ0) is 17.1. The van der Waals surface area contributed by atoms with Gasteiger partial charge >= 0.3 is 5.97 Å². The highest BCUT2D eigenvalue weighted by molar-refractivity contribution is 5.93. The molecule has 0 saturated carbocycles. The lowest BCUT2D eigenvalue weighted by molar-refractivity contribution is -0.137. The molecule has 1 amide bonds. The molecule has 1 saturated heterocycles. The number of fused-ring (bicyclic) bond motifs is 1. The first-order chi connectivity index (χ1) is 11.6. The van der Waals surface area contributed by atoms with E-state index in [1.807, 2.05) is 0 Å². The van der Waals surface area contributed by atoms with Gasteiger partial charge in [-0.2, -0.15) is 0 Å². The largest absolute Gasteiger partial charge is 0.481 e. The molecule has 0 aliphatic carbocycles. The third-order valence-corrected chi connectivity index (χ3v) is 4.42. The van der Waals surface area contributed by atoms with Crippen LogP contribution < -0.4 is 5.43 Å². The summed E-state index contributed by atoms with van der Waals surface area (Å²) in [5.41, 5.74) is 0.131. The van der Waals surface area contributed by atoms with E-state index >= 15 is 0 Å². The van der Waals surface area contributed by atoms with Crippen LogP contribution in [0.4, 0.5) is 0 Å². The molecule has 0 bridgehead atoms. The predicted octanol–water partition coefficient (Wildman–Crippen LogP) is 2.65. The Labute approximate surface area is 138 Å². The van der Waals surface area contributed by atoms with E-state index in [4.69, 9.17) is 9.52 Å². The van der Waals surface area contributed by atoms with Gasteiger partial charge in [0.15, 0.2) is 11.2 Å². The summed E-state index contributed by atoms with van der Waals surface area (Å²) in [5, 5.41) is 9.32. The monoisotopic (exact) mass is 329 g/mol. The Morgan fingerprint density at radius 2 is 2.04 bits per heavy atom. The van der Waals surface area contributed by atoms with E-state index < -0.39 is 5.97 Å². The summed E-state index contributed by atoms with van der Waals surface area (Å²) in [6, 6.07) is 7.91. The van der Waals surface area contributed by atoms with Crippen LogP contribution in [-0.2, 0) is 4.79 Å². The van der Waals surface area contributed by atoms with E-state index in [2.05, 4.69) is 0 Å². The maximum absolute atomic E-state index is 12.8. The molecule has 1 aliphatic rings. The molecule has 1 unspecified atom stereocenters. The maximum Gasteiger partial charge on any atom is 0.303 e. The second kappa shape index (κ2) is 6.86. The number of carbonyl (C=O) groups excluding carboxylic acids is 1. The van der Waals surface area contributed by atoms with E-state index in [0.29, 0.717) is 23.9 Å². The first-order valence-electron chi connectivity index (χ1n) is 8.12.